The number of aryl methyl sites for hydroxylation is 1. The monoisotopic (exact) mass is 343 g/mol. The second-order valence-electron chi connectivity index (χ2n) is 5.09. The fourth-order valence-electron chi connectivity index (χ4n) is 2.22. The summed E-state index contributed by atoms with van der Waals surface area (Å²) in [6.45, 7) is 0.398. The zero-order valence-corrected chi connectivity index (χ0v) is 13.3. The molecule has 0 saturated carbocycles. The number of imidazole rings is 1. The van der Waals surface area contributed by atoms with Crippen molar-refractivity contribution >= 4 is 22.2 Å². The number of aromatic nitrogens is 4. The van der Waals surface area contributed by atoms with Crippen LogP contribution in [-0.2, 0) is 17.8 Å². The highest BCUT2D eigenvalue weighted by Gasteiger charge is 2.12. The molecule has 0 fully saturated rings. The fraction of sp³-hybridized carbons (Fsp3) is 0.200. The molecule has 8 nitrogen and oxygen atoms in total. The van der Waals surface area contributed by atoms with Gasteiger partial charge in [0, 0.05) is 30.6 Å². The Morgan fingerprint density at radius 1 is 1.38 bits per heavy atom. The largest absolute Gasteiger partial charge is 0.461 e. The molecule has 0 bridgehead atoms. The van der Waals surface area contributed by atoms with E-state index in [-0.39, 0.29) is 12.3 Å². The van der Waals surface area contributed by atoms with Gasteiger partial charge in [0.1, 0.15) is 0 Å². The Bertz CT molecular complexity index is 924. The van der Waals surface area contributed by atoms with E-state index in [0.29, 0.717) is 30.4 Å². The molecule has 0 aliphatic carbocycles. The third-order valence-electron chi connectivity index (χ3n) is 3.39. The first-order valence-corrected chi connectivity index (χ1v) is 8.20. The zero-order valence-electron chi connectivity index (χ0n) is 12.5. The lowest BCUT2D eigenvalue weighted by Crippen LogP contribution is -2.23. The van der Waals surface area contributed by atoms with E-state index in [9.17, 15) is 4.79 Å². The number of hydrogen-bond acceptors (Lipinski definition) is 7. The van der Waals surface area contributed by atoms with Crippen LogP contribution < -0.4 is 5.32 Å². The lowest BCUT2D eigenvalue weighted by atomic mass is 10.3. The van der Waals surface area contributed by atoms with Gasteiger partial charge in [-0.1, -0.05) is 5.16 Å². The molecule has 4 aromatic heterocycles. The Hall–Kier alpha value is -2.94. The molecule has 0 aliphatic rings. The van der Waals surface area contributed by atoms with Crippen molar-refractivity contribution in [1.82, 2.24) is 24.8 Å². The lowest BCUT2D eigenvalue weighted by Gasteiger charge is -2.01. The van der Waals surface area contributed by atoms with Gasteiger partial charge in [0.2, 0.25) is 17.6 Å². The van der Waals surface area contributed by atoms with E-state index in [1.54, 1.807) is 29.7 Å². The minimum absolute atomic E-state index is 0.0934. The molecule has 1 amide bonds. The van der Waals surface area contributed by atoms with E-state index in [1.807, 2.05) is 22.2 Å². The van der Waals surface area contributed by atoms with Gasteiger partial charge in [-0.05, 0) is 12.1 Å². The number of thiazole rings is 1. The minimum atomic E-state index is -0.0934. The van der Waals surface area contributed by atoms with E-state index in [2.05, 4.69) is 20.4 Å². The van der Waals surface area contributed by atoms with Gasteiger partial charge >= 0.3 is 0 Å². The Kier molecular flexibility index (Phi) is 3.83. The van der Waals surface area contributed by atoms with Crippen LogP contribution >= 0.6 is 11.3 Å². The predicted molar refractivity (Wildman–Crippen MR) is 85.2 cm³/mol. The number of carbonyl (C=O) groups is 1. The first-order chi connectivity index (χ1) is 11.8. The quantitative estimate of drug-likeness (QED) is 0.577. The van der Waals surface area contributed by atoms with E-state index in [4.69, 9.17) is 8.94 Å². The topological polar surface area (TPSA) is 98.5 Å². The maximum Gasteiger partial charge on any atom is 0.238 e. The van der Waals surface area contributed by atoms with Gasteiger partial charge in [-0.2, -0.15) is 4.98 Å². The molecule has 24 heavy (non-hydrogen) atoms. The normalized spacial score (nSPS) is 11.2. The number of rotatable bonds is 6. The molecule has 0 radical (unpaired) electrons. The summed E-state index contributed by atoms with van der Waals surface area (Å²) in [6, 6.07) is 3.50. The predicted octanol–water partition coefficient (Wildman–Crippen LogP) is 2.29. The van der Waals surface area contributed by atoms with Crippen molar-refractivity contribution < 1.29 is 13.7 Å². The van der Waals surface area contributed by atoms with E-state index >= 15 is 0 Å². The summed E-state index contributed by atoms with van der Waals surface area (Å²) < 4.78 is 12.2. The SMILES string of the molecule is O=C(CCc1nc(-c2ccco2)no1)NCc1cn2ccsc2n1. The molecule has 0 saturated heterocycles. The summed E-state index contributed by atoms with van der Waals surface area (Å²) in [5.74, 6) is 1.23. The number of furan rings is 1. The van der Waals surface area contributed by atoms with Crippen LogP contribution in [0, 0.1) is 0 Å². The fourth-order valence-corrected chi connectivity index (χ4v) is 2.94. The van der Waals surface area contributed by atoms with Crippen LogP contribution in [0.5, 0.6) is 0 Å². The van der Waals surface area contributed by atoms with Crippen LogP contribution in [0.15, 0.2) is 45.1 Å². The summed E-state index contributed by atoms with van der Waals surface area (Å²) in [4.78, 5) is 21.4. The van der Waals surface area contributed by atoms with Crippen molar-refractivity contribution in [3.05, 3.63) is 47.8 Å². The molecule has 4 aromatic rings. The first-order valence-electron chi connectivity index (χ1n) is 7.32. The second-order valence-corrected chi connectivity index (χ2v) is 5.96. The van der Waals surface area contributed by atoms with E-state index in [0.717, 1.165) is 10.7 Å². The molecule has 0 spiro atoms. The molecule has 122 valence electrons. The van der Waals surface area contributed by atoms with Crippen LogP contribution in [-0.4, -0.2) is 25.4 Å². The number of carbonyl (C=O) groups excluding carboxylic acids is 1. The Balaban J connectivity index is 1.28. The number of nitrogens with zero attached hydrogens (tertiary/aromatic N) is 4. The van der Waals surface area contributed by atoms with Crippen LogP contribution in [0.2, 0.25) is 0 Å². The number of nitrogens with one attached hydrogen (secondary N) is 1. The van der Waals surface area contributed by atoms with Gasteiger partial charge in [0.25, 0.3) is 0 Å². The highest BCUT2D eigenvalue weighted by Crippen LogP contribution is 2.16. The van der Waals surface area contributed by atoms with Crippen LogP contribution in [0.4, 0.5) is 0 Å². The highest BCUT2D eigenvalue weighted by molar-refractivity contribution is 7.15. The third-order valence-corrected chi connectivity index (χ3v) is 4.16. The Labute approximate surface area is 140 Å². The molecule has 9 heteroatoms. The zero-order chi connectivity index (χ0) is 16.4. The summed E-state index contributed by atoms with van der Waals surface area (Å²) in [7, 11) is 0. The summed E-state index contributed by atoms with van der Waals surface area (Å²) in [6.07, 6.45) is 6.02. The van der Waals surface area contributed by atoms with Gasteiger partial charge in [0.15, 0.2) is 10.7 Å². The van der Waals surface area contributed by atoms with E-state index in [1.165, 1.54) is 0 Å². The molecule has 4 heterocycles. The molecule has 0 aliphatic heterocycles. The second kappa shape index (κ2) is 6.28. The van der Waals surface area contributed by atoms with Gasteiger partial charge in [-0.15, -0.1) is 11.3 Å². The summed E-state index contributed by atoms with van der Waals surface area (Å²) in [5, 5.41) is 8.63. The summed E-state index contributed by atoms with van der Waals surface area (Å²) >= 11 is 1.55. The average molecular weight is 343 g/mol. The summed E-state index contributed by atoms with van der Waals surface area (Å²) in [5.41, 5.74) is 0.827. The van der Waals surface area contributed by atoms with Crippen LogP contribution in [0.1, 0.15) is 18.0 Å². The minimum Gasteiger partial charge on any atom is -0.461 e. The molecular formula is C15H13N5O3S. The van der Waals surface area contributed by atoms with Crippen LogP contribution in [0.25, 0.3) is 16.5 Å². The van der Waals surface area contributed by atoms with Crippen molar-refractivity contribution in [2.45, 2.75) is 19.4 Å². The van der Waals surface area contributed by atoms with Crippen LogP contribution in [0.3, 0.4) is 0 Å². The molecule has 0 atom stereocenters. The van der Waals surface area contributed by atoms with Gasteiger partial charge in [-0.25, -0.2) is 4.98 Å². The van der Waals surface area contributed by atoms with Crippen molar-refractivity contribution in [3.8, 4) is 11.6 Å². The molecule has 1 N–H and O–H groups in total. The number of fused-ring (bicyclic) bond motifs is 1. The lowest BCUT2D eigenvalue weighted by molar-refractivity contribution is -0.121. The van der Waals surface area contributed by atoms with Crippen molar-refractivity contribution in [2.24, 2.45) is 0 Å². The van der Waals surface area contributed by atoms with Crippen molar-refractivity contribution in [1.29, 1.82) is 0 Å². The highest BCUT2D eigenvalue weighted by atomic mass is 32.1. The molecule has 4 rings (SSSR count). The van der Waals surface area contributed by atoms with Crippen molar-refractivity contribution in [2.75, 3.05) is 0 Å². The smallest absolute Gasteiger partial charge is 0.238 e. The Morgan fingerprint density at radius 3 is 3.17 bits per heavy atom. The molecular weight excluding hydrogens is 330 g/mol. The van der Waals surface area contributed by atoms with Crippen molar-refractivity contribution in [3.63, 3.8) is 0 Å². The number of amides is 1. The molecule has 0 aromatic carbocycles. The molecule has 0 unspecified atom stereocenters. The standard InChI is InChI=1S/C15H13N5O3S/c21-12(16-8-10-9-20-5-7-24-15(20)17-10)3-4-13-18-14(19-23-13)11-2-1-6-22-11/h1-2,5-7,9H,3-4,8H2,(H,16,21). The third kappa shape index (κ3) is 3.06. The van der Waals surface area contributed by atoms with E-state index < -0.39 is 0 Å². The van der Waals surface area contributed by atoms with Gasteiger partial charge in [0.05, 0.1) is 18.5 Å². The van der Waals surface area contributed by atoms with Gasteiger partial charge in [-0.3, -0.25) is 9.20 Å². The Morgan fingerprint density at radius 2 is 2.33 bits per heavy atom. The maximum absolute atomic E-state index is 11.9. The average Bonchev–Trinajstić information content (AvgIpc) is 3.34. The first kappa shape index (κ1) is 14.6. The maximum atomic E-state index is 11.9. The number of hydrogen-bond donors (Lipinski definition) is 1. The van der Waals surface area contributed by atoms with Gasteiger partial charge < -0.3 is 14.3 Å².